The van der Waals surface area contributed by atoms with E-state index in [1.807, 2.05) is 0 Å². The molecule has 0 aliphatic heterocycles. The second-order valence-corrected chi connectivity index (χ2v) is 4.10. The summed E-state index contributed by atoms with van der Waals surface area (Å²) >= 11 is 5.56. The van der Waals surface area contributed by atoms with Crippen LogP contribution in [0.4, 0.5) is 0 Å². The Bertz CT molecular complexity index is 363. The van der Waals surface area contributed by atoms with Gasteiger partial charge in [0.05, 0.1) is 19.5 Å². The van der Waals surface area contributed by atoms with Gasteiger partial charge in [0.15, 0.2) is 0 Å². The van der Waals surface area contributed by atoms with E-state index >= 15 is 0 Å². The first-order valence-corrected chi connectivity index (χ1v) is 5.27. The zero-order valence-corrected chi connectivity index (χ0v) is 9.70. The molecule has 1 heterocycles. The van der Waals surface area contributed by atoms with Crippen LogP contribution < -0.4 is 5.56 Å². The highest BCUT2D eigenvalue weighted by atomic mass is 35.5. The predicted molar refractivity (Wildman–Crippen MR) is 59.2 cm³/mol. The standard InChI is InChI=1S/C10H15ClN2O2/c1-8(2)6-15-4-3-13-7-12-9(11)5-10(13)14/h5,7-8H,3-4,6H2,1-2H3. The van der Waals surface area contributed by atoms with Crippen LogP contribution in [-0.4, -0.2) is 22.8 Å². The second kappa shape index (κ2) is 5.88. The largest absolute Gasteiger partial charge is 0.379 e. The monoisotopic (exact) mass is 230 g/mol. The van der Waals surface area contributed by atoms with Crippen molar-refractivity contribution in [3.05, 3.63) is 27.9 Å². The molecule has 1 rings (SSSR count). The van der Waals surface area contributed by atoms with Gasteiger partial charge in [0.2, 0.25) is 0 Å². The molecule has 0 atom stereocenters. The zero-order chi connectivity index (χ0) is 11.3. The van der Waals surface area contributed by atoms with Gasteiger partial charge in [0.25, 0.3) is 5.56 Å². The van der Waals surface area contributed by atoms with E-state index < -0.39 is 0 Å². The molecule has 4 nitrogen and oxygen atoms in total. The fraction of sp³-hybridized carbons (Fsp3) is 0.600. The predicted octanol–water partition coefficient (Wildman–Crippen LogP) is 1.57. The summed E-state index contributed by atoms with van der Waals surface area (Å²) in [5.74, 6) is 0.505. The Morgan fingerprint density at radius 2 is 2.33 bits per heavy atom. The van der Waals surface area contributed by atoms with Crippen molar-refractivity contribution >= 4 is 11.6 Å². The maximum absolute atomic E-state index is 11.4. The topological polar surface area (TPSA) is 44.1 Å². The van der Waals surface area contributed by atoms with Crippen LogP contribution in [0.25, 0.3) is 0 Å². The lowest BCUT2D eigenvalue weighted by atomic mass is 10.2. The molecule has 0 fully saturated rings. The van der Waals surface area contributed by atoms with Crippen LogP contribution in [0.1, 0.15) is 13.8 Å². The fourth-order valence-electron chi connectivity index (χ4n) is 1.05. The average molecular weight is 231 g/mol. The lowest BCUT2D eigenvalue weighted by molar-refractivity contribution is 0.102. The van der Waals surface area contributed by atoms with Crippen LogP contribution in [0.5, 0.6) is 0 Å². The molecule has 0 radical (unpaired) electrons. The molecule has 0 saturated carbocycles. The summed E-state index contributed by atoms with van der Waals surface area (Å²) in [6.45, 7) is 5.89. The highest BCUT2D eigenvalue weighted by molar-refractivity contribution is 6.29. The van der Waals surface area contributed by atoms with E-state index in [2.05, 4.69) is 18.8 Å². The molecular weight excluding hydrogens is 216 g/mol. The molecule has 15 heavy (non-hydrogen) atoms. The first kappa shape index (κ1) is 12.2. The van der Waals surface area contributed by atoms with Gasteiger partial charge in [-0.05, 0) is 5.92 Å². The second-order valence-electron chi connectivity index (χ2n) is 3.71. The minimum Gasteiger partial charge on any atom is -0.379 e. The number of halogens is 1. The molecule has 0 amide bonds. The number of aromatic nitrogens is 2. The average Bonchev–Trinajstić information content (AvgIpc) is 2.14. The zero-order valence-electron chi connectivity index (χ0n) is 8.94. The Hall–Kier alpha value is -0.870. The van der Waals surface area contributed by atoms with E-state index in [4.69, 9.17) is 16.3 Å². The van der Waals surface area contributed by atoms with Crippen LogP contribution in [0, 0.1) is 5.92 Å². The van der Waals surface area contributed by atoms with E-state index in [-0.39, 0.29) is 10.7 Å². The Morgan fingerprint density at radius 3 is 2.93 bits per heavy atom. The first-order chi connectivity index (χ1) is 7.09. The van der Waals surface area contributed by atoms with Gasteiger partial charge in [0.1, 0.15) is 5.15 Å². The lowest BCUT2D eigenvalue weighted by Gasteiger charge is -2.07. The highest BCUT2D eigenvalue weighted by Gasteiger charge is 1.98. The van der Waals surface area contributed by atoms with Gasteiger partial charge in [-0.15, -0.1) is 0 Å². The van der Waals surface area contributed by atoms with Gasteiger partial charge in [0, 0.05) is 12.7 Å². The summed E-state index contributed by atoms with van der Waals surface area (Å²) < 4.78 is 6.84. The maximum Gasteiger partial charge on any atom is 0.254 e. The minimum atomic E-state index is -0.150. The number of hydrogen-bond donors (Lipinski definition) is 0. The molecule has 0 saturated heterocycles. The van der Waals surface area contributed by atoms with Gasteiger partial charge >= 0.3 is 0 Å². The van der Waals surface area contributed by atoms with Crippen LogP contribution in [0.15, 0.2) is 17.2 Å². The molecule has 0 aromatic carbocycles. The summed E-state index contributed by atoms with van der Waals surface area (Å²) in [4.78, 5) is 15.2. The van der Waals surface area contributed by atoms with Crippen LogP contribution in [0.3, 0.4) is 0 Å². The van der Waals surface area contributed by atoms with E-state index in [9.17, 15) is 4.79 Å². The van der Waals surface area contributed by atoms with Gasteiger partial charge in [-0.3, -0.25) is 9.36 Å². The third kappa shape index (κ3) is 4.44. The molecular formula is C10H15ClN2O2. The summed E-state index contributed by atoms with van der Waals surface area (Å²) in [7, 11) is 0. The van der Waals surface area contributed by atoms with Crippen molar-refractivity contribution in [2.24, 2.45) is 5.92 Å². The molecule has 0 bridgehead atoms. The lowest BCUT2D eigenvalue weighted by Crippen LogP contribution is -2.22. The quantitative estimate of drug-likeness (QED) is 0.570. The van der Waals surface area contributed by atoms with Crippen molar-refractivity contribution in [1.82, 2.24) is 9.55 Å². The first-order valence-electron chi connectivity index (χ1n) is 4.89. The maximum atomic E-state index is 11.4. The summed E-state index contributed by atoms with van der Waals surface area (Å²) in [5.41, 5.74) is -0.150. The van der Waals surface area contributed by atoms with E-state index in [0.29, 0.717) is 25.7 Å². The molecule has 0 aliphatic carbocycles. The molecule has 0 unspecified atom stereocenters. The Morgan fingerprint density at radius 1 is 1.60 bits per heavy atom. The van der Waals surface area contributed by atoms with Crippen molar-refractivity contribution in [1.29, 1.82) is 0 Å². The van der Waals surface area contributed by atoms with Crippen molar-refractivity contribution in [2.45, 2.75) is 20.4 Å². The summed E-state index contributed by atoms with van der Waals surface area (Å²) in [5, 5.41) is 0.222. The normalized spacial score (nSPS) is 10.9. The van der Waals surface area contributed by atoms with Gasteiger partial charge < -0.3 is 4.74 Å². The third-order valence-electron chi connectivity index (χ3n) is 1.77. The SMILES string of the molecule is CC(C)COCCn1cnc(Cl)cc1=O. The Labute approximate surface area is 93.8 Å². The summed E-state index contributed by atoms with van der Waals surface area (Å²) in [6, 6.07) is 1.30. The minimum absolute atomic E-state index is 0.150. The van der Waals surface area contributed by atoms with Crippen molar-refractivity contribution in [3.63, 3.8) is 0 Å². The molecule has 1 aromatic rings. The molecule has 0 spiro atoms. The number of hydrogen-bond acceptors (Lipinski definition) is 3. The third-order valence-corrected chi connectivity index (χ3v) is 1.98. The molecule has 5 heteroatoms. The number of rotatable bonds is 5. The van der Waals surface area contributed by atoms with Gasteiger partial charge in [-0.1, -0.05) is 25.4 Å². The van der Waals surface area contributed by atoms with Gasteiger partial charge in [-0.25, -0.2) is 4.98 Å². The van der Waals surface area contributed by atoms with Crippen molar-refractivity contribution in [2.75, 3.05) is 13.2 Å². The smallest absolute Gasteiger partial charge is 0.254 e. The highest BCUT2D eigenvalue weighted by Crippen LogP contribution is 1.97. The Kier molecular flexibility index (Phi) is 4.78. The van der Waals surface area contributed by atoms with Crippen molar-refractivity contribution < 1.29 is 4.74 Å². The number of ether oxygens (including phenoxy) is 1. The summed E-state index contributed by atoms with van der Waals surface area (Å²) in [6.07, 6.45) is 1.43. The molecule has 1 aromatic heterocycles. The van der Waals surface area contributed by atoms with Gasteiger partial charge in [-0.2, -0.15) is 0 Å². The van der Waals surface area contributed by atoms with E-state index in [1.54, 1.807) is 0 Å². The molecule has 0 N–H and O–H groups in total. The van der Waals surface area contributed by atoms with Crippen LogP contribution in [0.2, 0.25) is 5.15 Å². The van der Waals surface area contributed by atoms with Crippen molar-refractivity contribution in [3.8, 4) is 0 Å². The fourth-order valence-corrected chi connectivity index (χ4v) is 1.19. The number of nitrogens with zero attached hydrogens (tertiary/aromatic N) is 2. The van der Waals surface area contributed by atoms with E-state index in [1.165, 1.54) is 17.0 Å². The van der Waals surface area contributed by atoms with Crippen LogP contribution in [-0.2, 0) is 11.3 Å². The van der Waals surface area contributed by atoms with E-state index in [0.717, 1.165) is 0 Å². The molecule has 0 aliphatic rings. The Balaban J connectivity index is 2.41. The molecule has 84 valence electrons. The van der Waals surface area contributed by atoms with Crippen LogP contribution >= 0.6 is 11.6 Å².